The Kier molecular flexibility index (Phi) is 4.00. The molecular formula is C24H31NO2. The van der Waals surface area contributed by atoms with E-state index < -0.39 is 0 Å². The van der Waals surface area contributed by atoms with Gasteiger partial charge in [-0.3, -0.25) is 9.78 Å². The second-order valence-corrected chi connectivity index (χ2v) is 9.88. The van der Waals surface area contributed by atoms with E-state index in [0.717, 1.165) is 24.2 Å². The van der Waals surface area contributed by atoms with Crippen LogP contribution in [0.4, 0.5) is 0 Å². The van der Waals surface area contributed by atoms with Crippen LogP contribution in [-0.4, -0.2) is 17.6 Å². The fourth-order valence-electron chi connectivity index (χ4n) is 7.44. The lowest BCUT2D eigenvalue weighted by molar-refractivity contribution is -0.143. The highest BCUT2D eigenvalue weighted by molar-refractivity contribution is 5.72. The van der Waals surface area contributed by atoms with Gasteiger partial charge in [0.1, 0.15) is 0 Å². The Morgan fingerprint density at radius 1 is 1.15 bits per heavy atom. The van der Waals surface area contributed by atoms with E-state index in [1.165, 1.54) is 43.2 Å². The maximum Gasteiger partial charge on any atom is 0.306 e. The van der Waals surface area contributed by atoms with Crippen LogP contribution in [0, 0.1) is 34.5 Å². The van der Waals surface area contributed by atoms with Gasteiger partial charge in [0, 0.05) is 18.8 Å². The van der Waals surface area contributed by atoms with Gasteiger partial charge >= 0.3 is 5.97 Å². The van der Waals surface area contributed by atoms with E-state index in [0.29, 0.717) is 18.9 Å². The van der Waals surface area contributed by atoms with Crippen LogP contribution in [0.2, 0.25) is 0 Å². The zero-order valence-electron chi connectivity index (χ0n) is 16.6. The van der Waals surface area contributed by atoms with Gasteiger partial charge in [0.25, 0.3) is 0 Å². The smallest absolute Gasteiger partial charge is 0.306 e. The summed E-state index contributed by atoms with van der Waals surface area (Å²) in [6.45, 7) is 5.60. The molecule has 0 bridgehead atoms. The number of hydrogen-bond acceptors (Lipinski definition) is 3. The summed E-state index contributed by atoms with van der Waals surface area (Å²) in [4.78, 5) is 16.4. The lowest BCUT2D eigenvalue weighted by Crippen LogP contribution is -2.51. The second kappa shape index (κ2) is 6.18. The molecular weight excluding hydrogens is 334 g/mol. The van der Waals surface area contributed by atoms with Crippen molar-refractivity contribution in [2.75, 3.05) is 6.61 Å². The first kappa shape index (κ1) is 17.5. The Morgan fingerprint density at radius 2 is 2.04 bits per heavy atom. The molecule has 27 heavy (non-hydrogen) atoms. The number of esters is 1. The van der Waals surface area contributed by atoms with Gasteiger partial charge in [-0.2, -0.15) is 0 Å². The molecule has 2 unspecified atom stereocenters. The molecule has 1 saturated heterocycles. The number of fused-ring (bicyclic) bond motifs is 5. The molecule has 4 aliphatic rings. The molecule has 1 aromatic heterocycles. The Hall–Kier alpha value is -1.64. The van der Waals surface area contributed by atoms with Crippen LogP contribution in [0.1, 0.15) is 64.4 Å². The van der Waals surface area contributed by atoms with Crippen molar-refractivity contribution in [2.24, 2.45) is 34.5 Å². The number of aromatic nitrogens is 1. The summed E-state index contributed by atoms with van der Waals surface area (Å²) in [5.74, 6) is 2.81. The van der Waals surface area contributed by atoms with Crippen molar-refractivity contribution in [3.8, 4) is 0 Å². The molecule has 144 valence electrons. The summed E-state index contributed by atoms with van der Waals surface area (Å²) >= 11 is 0. The minimum atomic E-state index is 0.0317. The molecule has 6 atom stereocenters. The molecule has 0 amide bonds. The van der Waals surface area contributed by atoms with Crippen LogP contribution in [0.5, 0.6) is 0 Å². The third kappa shape index (κ3) is 2.53. The van der Waals surface area contributed by atoms with Crippen molar-refractivity contribution in [1.82, 2.24) is 4.98 Å². The first-order valence-corrected chi connectivity index (χ1v) is 10.8. The molecule has 3 fully saturated rings. The van der Waals surface area contributed by atoms with E-state index in [2.05, 4.69) is 37.0 Å². The van der Waals surface area contributed by atoms with Crippen molar-refractivity contribution in [3.05, 3.63) is 36.2 Å². The number of allylic oxidation sites excluding steroid dienone is 2. The average molecular weight is 366 g/mol. The number of cyclic esters (lactones) is 1. The van der Waals surface area contributed by atoms with Crippen molar-refractivity contribution >= 4 is 11.5 Å². The lowest BCUT2D eigenvalue weighted by atomic mass is 9.46. The number of nitrogens with zero attached hydrogens (tertiary/aromatic N) is 1. The predicted molar refractivity (Wildman–Crippen MR) is 106 cm³/mol. The molecule has 3 aliphatic carbocycles. The minimum absolute atomic E-state index is 0.0317. The van der Waals surface area contributed by atoms with Gasteiger partial charge < -0.3 is 4.74 Å². The highest BCUT2D eigenvalue weighted by Crippen LogP contribution is 2.66. The number of rotatable bonds is 1. The Morgan fingerprint density at radius 3 is 2.85 bits per heavy atom. The van der Waals surface area contributed by atoms with Crippen LogP contribution >= 0.6 is 0 Å². The van der Waals surface area contributed by atoms with E-state index in [9.17, 15) is 4.79 Å². The van der Waals surface area contributed by atoms with Gasteiger partial charge in [0.05, 0.1) is 6.61 Å². The topological polar surface area (TPSA) is 39.2 Å². The van der Waals surface area contributed by atoms with E-state index in [1.807, 2.05) is 12.4 Å². The van der Waals surface area contributed by atoms with Crippen molar-refractivity contribution < 1.29 is 9.53 Å². The zero-order chi connectivity index (χ0) is 18.6. The molecule has 5 rings (SSSR count). The van der Waals surface area contributed by atoms with Crippen molar-refractivity contribution in [3.63, 3.8) is 0 Å². The second-order valence-electron chi connectivity index (χ2n) is 9.88. The molecule has 0 aromatic carbocycles. The van der Waals surface area contributed by atoms with Crippen LogP contribution in [0.3, 0.4) is 0 Å². The monoisotopic (exact) mass is 365 g/mol. The summed E-state index contributed by atoms with van der Waals surface area (Å²) in [6, 6.07) is 4.29. The van der Waals surface area contributed by atoms with Crippen molar-refractivity contribution in [1.29, 1.82) is 0 Å². The molecule has 0 spiro atoms. The summed E-state index contributed by atoms with van der Waals surface area (Å²) < 4.78 is 5.46. The van der Waals surface area contributed by atoms with E-state index >= 15 is 0 Å². The summed E-state index contributed by atoms with van der Waals surface area (Å²) in [6.07, 6.45) is 14.3. The number of hydrogen-bond donors (Lipinski definition) is 0. The zero-order valence-corrected chi connectivity index (χ0v) is 16.6. The normalized spacial score (nSPS) is 43.6. The average Bonchev–Trinajstić information content (AvgIpc) is 2.93. The Bertz CT molecular complexity index is 772. The Labute approximate surface area is 162 Å². The maximum absolute atomic E-state index is 12.0. The van der Waals surface area contributed by atoms with Gasteiger partial charge in [0.15, 0.2) is 0 Å². The number of carbonyl (C=O) groups excluding carboxylic acids is 1. The van der Waals surface area contributed by atoms with Gasteiger partial charge in [-0.1, -0.05) is 26.0 Å². The summed E-state index contributed by atoms with van der Waals surface area (Å²) in [5, 5.41) is 0. The molecule has 1 aromatic rings. The van der Waals surface area contributed by atoms with Crippen LogP contribution in [0.25, 0.3) is 5.57 Å². The molecule has 0 N–H and O–H groups in total. The van der Waals surface area contributed by atoms with Gasteiger partial charge in [0.2, 0.25) is 0 Å². The van der Waals surface area contributed by atoms with Crippen LogP contribution in [-0.2, 0) is 9.53 Å². The first-order chi connectivity index (χ1) is 13.0. The van der Waals surface area contributed by atoms with Crippen molar-refractivity contribution in [2.45, 2.75) is 58.8 Å². The van der Waals surface area contributed by atoms with Crippen LogP contribution in [0.15, 0.2) is 30.6 Å². The molecule has 2 heterocycles. The highest BCUT2D eigenvalue weighted by Gasteiger charge is 2.58. The summed E-state index contributed by atoms with van der Waals surface area (Å²) in [7, 11) is 0. The molecule has 1 aliphatic heterocycles. The quantitative estimate of drug-likeness (QED) is 0.636. The Balaban J connectivity index is 1.45. The molecule has 3 nitrogen and oxygen atoms in total. The van der Waals surface area contributed by atoms with E-state index in [-0.39, 0.29) is 16.8 Å². The molecule has 0 radical (unpaired) electrons. The highest BCUT2D eigenvalue weighted by atomic mass is 16.5. The maximum atomic E-state index is 12.0. The van der Waals surface area contributed by atoms with Gasteiger partial charge in [-0.05, 0) is 90.2 Å². The van der Waals surface area contributed by atoms with Crippen LogP contribution < -0.4 is 0 Å². The number of ether oxygens (including phenoxy) is 1. The van der Waals surface area contributed by atoms with Gasteiger partial charge in [-0.15, -0.1) is 0 Å². The first-order valence-electron chi connectivity index (χ1n) is 10.8. The fourth-order valence-corrected chi connectivity index (χ4v) is 7.44. The number of carbonyl (C=O) groups is 1. The largest absolute Gasteiger partial charge is 0.466 e. The predicted octanol–water partition coefficient (Wildman–Crippen LogP) is 5.27. The van der Waals surface area contributed by atoms with E-state index in [1.54, 1.807) is 0 Å². The minimum Gasteiger partial charge on any atom is -0.466 e. The SMILES string of the molecule is C[C@]12CCC3[C@@H](CC[C@H]4CC(=O)OCC[C@]34C)C1CC=C2c1cccnc1. The summed E-state index contributed by atoms with van der Waals surface area (Å²) in [5.41, 5.74) is 3.40. The third-order valence-corrected chi connectivity index (χ3v) is 8.94. The lowest BCUT2D eigenvalue weighted by Gasteiger charge is -2.58. The van der Waals surface area contributed by atoms with Gasteiger partial charge in [-0.25, -0.2) is 0 Å². The van der Waals surface area contributed by atoms with E-state index in [4.69, 9.17) is 4.74 Å². The molecule has 2 saturated carbocycles. The third-order valence-electron chi connectivity index (χ3n) is 8.94. The number of pyridine rings is 1. The fraction of sp³-hybridized carbons (Fsp3) is 0.667. The molecule has 3 heteroatoms. The standard InChI is InChI=1S/C24H31NO2/c1-23-11-13-27-22(26)14-17(23)5-6-18-20-8-7-19(16-4-3-12-25-15-16)24(20,2)10-9-21(18)23/h3-4,7,12,15,17-18,20-21H,5-6,8-11,13-14H2,1-2H3/t17-,18-,20?,21?,23-,24+/m0/s1.